The van der Waals surface area contributed by atoms with Crippen molar-refractivity contribution in [2.75, 3.05) is 37.7 Å². The number of nitrogens with zero attached hydrogens (tertiary/aromatic N) is 2. The quantitative estimate of drug-likeness (QED) is 0.842. The molecule has 0 spiro atoms. The number of piperidine rings is 1. The minimum absolute atomic E-state index is 0.146. The van der Waals surface area contributed by atoms with E-state index in [1.807, 2.05) is 12.1 Å². The van der Waals surface area contributed by atoms with Crippen molar-refractivity contribution in [3.8, 4) is 0 Å². The monoisotopic (exact) mass is 340 g/mol. The molecule has 0 amide bonds. The van der Waals surface area contributed by atoms with E-state index in [-0.39, 0.29) is 5.82 Å². The predicted octanol–water partition coefficient (Wildman–Crippen LogP) is 1.83. The predicted molar refractivity (Wildman–Crippen MR) is 89.7 cm³/mol. The fraction of sp³-hybridized carbons (Fsp3) is 0.647. The molecule has 0 N–H and O–H groups in total. The first-order valence-corrected chi connectivity index (χ1v) is 10.2. The summed E-state index contributed by atoms with van der Waals surface area (Å²) >= 11 is 0. The fourth-order valence-electron chi connectivity index (χ4n) is 3.60. The topological polar surface area (TPSA) is 40.6 Å². The van der Waals surface area contributed by atoms with E-state index in [0.29, 0.717) is 36.2 Å². The van der Waals surface area contributed by atoms with Gasteiger partial charge < -0.3 is 0 Å². The van der Waals surface area contributed by atoms with Gasteiger partial charge in [0, 0.05) is 25.7 Å². The average molecular weight is 340 g/mol. The zero-order valence-corrected chi connectivity index (χ0v) is 14.5. The Morgan fingerprint density at radius 3 is 2.39 bits per heavy atom. The summed E-state index contributed by atoms with van der Waals surface area (Å²) in [4.78, 5) is 4.75. The second-order valence-corrected chi connectivity index (χ2v) is 9.08. The third-order valence-corrected chi connectivity index (χ3v) is 6.69. The molecule has 6 heteroatoms. The maximum Gasteiger partial charge on any atom is 0.152 e. The Morgan fingerprint density at radius 1 is 1.13 bits per heavy atom. The summed E-state index contributed by atoms with van der Waals surface area (Å²) in [6.07, 6.45) is 2.17. The molecule has 1 aromatic rings. The molecule has 2 aliphatic rings. The number of aryl methyl sites for hydroxylation is 1. The molecule has 0 radical (unpaired) electrons. The van der Waals surface area contributed by atoms with Crippen molar-refractivity contribution in [2.24, 2.45) is 0 Å². The molecule has 23 heavy (non-hydrogen) atoms. The summed E-state index contributed by atoms with van der Waals surface area (Å²) in [5, 5.41) is 0. The molecule has 4 nitrogen and oxygen atoms in total. The van der Waals surface area contributed by atoms with Crippen LogP contribution in [0.5, 0.6) is 0 Å². The maximum atomic E-state index is 13.3. The normalized spacial score (nSPS) is 23.9. The number of sulfone groups is 1. The number of hydrogen-bond donors (Lipinski definition) is 0. The highest BCUT2D eigenvalue weighted by atomic mass is 32.2. The van der Waals surface area contributed by atoms with E-state index in [0.717, 1.165) is 38.0 Å². The molecular formula is C17H25FN2O2S. The van der Waals surface area contributed by atoms with Crippen molar-refractivity contribution in [2.45, 2.75) is 32.4 Å². The van der Waals surface area contributed by atoms with Crippen molar-refractivity contribution < 1.29 is 12.8 Å². The van der Waals surface area contributed by atoms with Crippen molar-refractivity contribution >= 4 is 9.84 Å². The number of rotatable bonds is 3. The molecule has 0 saturated carbocycles. The average Bonchev–Trinajstić information content (AvgIpc) is 2.52. The Labute approximate surface area is 138 Å². The first-order valence-electron chi connectivity index (χ1n) is 8.35. The third kappa shape index (κ3) is 4.31. The molecule has 2 heterocycles. The Bertz CT molecular complexity index is 641. The van der Waals surface area contributed by atoms with E-state index >= 15 is 0 Å². The van der Waals surface area contributed by atoms with Gasteiger partial charge >= 0.3 is 0 Å². The van der Waals surface area contributed by atoms with Gasteiger partial charge in [0.25, 0.3) is 0 Å². The molecule has 0 unspecified atom stereocenters. The molecule has 128 valence electrons. The summed E-state index contributed by atoms with van der Waals surface area (Å²) < 4.78 is 36.4. The van der Waals surface area contributed by atoms with Gasteiger partial charge in [-0.05, 0) is 50.0 Å². The van der Waals surface area contributed by atoms with Gasteiger partial charge in [0.2, 0.25) is 0 Å². The van der Waals surface area contributed by atoms with Gasteiger partial charge in [0.05, 0.1) is 11.5 Å². The molecule has 0 atom stereocenters. The van der Waals surface area contributed by atoms with E-state index in [1.165, 1.54) is 0 Å². The van der Waals surface area contributed by atoms with Crippen LogP contribution in [0.1, 0.15) is 24.0 Å². The summed E-state index contributed by atoms with van der Waals surface area (Å²) in [5.41, 5.74) is 1.86. The Kier molecular flexibility index (Phi) is 5.04. The molecule has 3 rings (SSSR count). The van der Waals surface area contributed by atoms with Crippen LogP contribution in [0.2, 0.25) is 0 Å². The lowest BCUT2D eigenvalue weighted by Crippen LogP contribution is -2.50. The highest BCUT2D eigenvalue weighted by Gasteiger charge is 2.29. The molecule has 0 aliphatic carbocycles. The van der Waals surface area contributed by atoms with Gasteiger partial charge in [0.1, 0.15) is 5.82 Å². The minimum Gasteiger partial charge on any atom is -0.299 e. The Balaban J connectivity index is 1.49. The minimum atomic E-state index is -2.80. The first-order chi connectivity index (χ1) is 10.9. The number of likely N-dealkylation sites (tertiary alicyclic amines) is 1. The Morgan fingerprint density at radius 2 is 1.78 bits per heavy atom. The molecule has 0 bridgehead atoms. The molecule has 2 fully saturated rings. The van der Waals surface area contributed by atoms with Crippen molar-refractivity contribution in [3.63, 3.8) is 0 Å². The van der Waals surface area contributed by atoms with Gasteiger partial charge in [-0.1, -0.05) is 12.1 Å². The largest absolute Gasteiger partial charge is 0.299 e. The molecule has 0 aromatic heterocycles. The Hall–Kier alpha value is -0.980. The van der Waals surface area contributed by atoms with Gasteiger partial charge in [-0.3, -0.25) is 9.80 Å². The van der Waals surface area contributed by atoms with Crippen LogP contribution in [0.25, 0.3) is 0 Å². The van der Waals surface area contributed by atoms with Gasteiger partial charge in [-0.25, -0.2) is 12.8 Å². The van der Waals surface area contributed by atoms with Gasteiger partial charge in [-0.2, -0.15) is 0 Å². The number of hydrogen-bond acceptors (Lipinski definition) is 4. The highest BCUT2D eigenvalue weighted by Crippen LogP contribution is 2.21. The highest BCUT2D eigenvalue weighted by molar-refractivity contribution is 7.91. The fourth-order valence-corrected chi connectivity index (χ4v) is 4.83. The summed E-state index contributed by atoms with van der Waals surface area (Å²) in [5.74, 6) is 0.469. The lowest BCUT2D eigenvalue weighted by molar-refractivity contribution is 0.111. The smallest absolute Gasteiger partial charge is 0.152 e. The van der Waals surface area contributed by atoms with E-state index in [1.54, 1.807) is 13.0 Å². The zero-order valence-electron chi connectivity index (χ0n) is 13.7. The van der Waals surface area contributed by atoms with E-state index in [9.17, 15) is 12.8 Å². The first kappa shape index (κ1) is 16.9. The van der Waals surface area contributed by atoms with E-state index in [2.05, 4.69) is 9.80 Å². The van der Waals surface area contributed by atoms with Gasteiger partial charge in [0.15, 0.2) is 9.84 Å². The second kappa shape index (κ2) is 6.87. The summed E-state index contributed by atoms with van der Waals surface area (Å²) in [6, 6.07) is 5.85. The summed E-state index contributed by atoms with van der Waals surface area (Å²) in [7, 11) is -2.80. The van der Waals surface area contributed by atoms with Crippen LogP contribution < -0.4 is 0 Å². The van der Waals surface area contributed by atoms with Crippen molar-refractivity contribution in [1.82, 2.24) is 9.80 Å². The zero-order chi connectivity index (χ0) is 16.4. The lowest BCUT2D eigenvalue weighted by atomic mass is 10.0. The maximum absolute atomic E-state index is 13.3. The van der Waals surface area contributed by atoms with Crippen LogP contribution in [0, 0.1) is 12.7 Å². The number of benzene rings is 1. The SMILES string of the molecule is Cc1cc(CN2CCC(N3CCS(=O)(=O)CC3)CC2)ccc1F. The standard InChI is InChI=1S/C17H25FN2O2S/c1-14-12-15(2-3-17(14)18)13-19-6-4-16(5-7-19)20-8-10-23(21,22)11-9-20/h2-3,12,16H,4-11,13H2,1H3. The van der Waals surface area contributed by atoms with Crippen LogP contribution >= 0.6 is 0 Å². The molecule has 2 saturated heterocycles. The van der Waals surface area contributed by atoms with Crippen LogP contribution in [-0.4, -0.2) is 61.9 Å². The second-order valence-electron chi connectivity index (χ2n) is 6.78. The van der Waals surface area contributed by atoms with E-state index in [4.69, 9.17) is 0 Å². The number of halogens is 1. The van der Waals surface area contributed by atoms with E-state index < -0.39 is 9.84 Å². The molecule has 2 aliphatic heterocycles. The van der Waals surface area contributed by atoms with Crippen LogP contribution in [0.3, 0.4) is 0 Å². The van der Waals surface area contributed by atoms with Crippen LogP contribution in [-0.2, 0) is 16.4 Å². The third-order valence-electron chi connectivity index (χ3n) is 5.08. The van der Waals surface area contributed by atoms with Crippen LogP contribution in [0.15, 0.2) is 18.2 Å². The lowest BCUT2D eigenvalue weighted by Gasteiger charge is -2.40. The van der Waals surface area contributed by atoms with Gasteiger partial charge in [-0.15, -0.1) is 0 Å². The van der Waals surface area contributed by atoms with Crippen molar-refractivity contribution in [3.05, 3.63) is 35.1 Å². The van der Waals surface area contributed by atoms with Crippen molar-refractivity contribution in [1.29, 1.82) is 0 Å². The molecular weight excluding hydrogens is 315 g/mol. The summed E-state index contributed by atoms with van der Waals surface area (Å²) in [6.45, 7) is 6.07. The van der Waals surface area contributed by atoms with Crippen LogP contribution in [0.4, 0.5) is 4.39 Å². The molecule has 1 aromatic carbocycles.